The lowest BCUT2D eigenvalue weighted by atomic mass is 10.0. The molecule has 1 N–H and O–H groups in total. The highest BCUT2D eigenvalue weighted by Gasteiger charge is 2.14. The molecule has 1 fully saturated rings. The van der Waals surface area contributed by atoms with Crippen LogP contribution in [0.1, 0.15) is 38.2 Å². The Morgan fingerprint density at radius 2 is 2.11 bits per heavy atom. The summed E-state index contributed by atoms with van der Waals surface area (Å²) in [7, 11) is 0. The minimum atomic E-state index is 0.733. The van der Waals surface area contributed by atoms with Gasteiger partial charge >= 0.3 is 0 Å². The molecule has 0 radical (unpaired) electrons. The van der Waals surface area contributed by atoms with Crippen LogP contribution in [0.5, 0.6) is 0 Å². The Kier molecular flexibility index (Phi) is 5.06. The van der Waals surface area contributed by atoms with Gasteiger partial charge in [0, 0.05) is 24.8 Å². The van der Waals surface area contributed by atoms with E-state index in [2.05, 4.69) is 48.3 Å². The maximum Gasteiger partial charge on any atom is 0.0395 e. The van der Waals surface area contributed by atoms with Crippen LogP contribution in [0.4, 0.5) is 5.69 Å². The van der Waals surface area contributed by atoms with Gasteiger partial charge in [-0.1, -0.05) is 24.6 Å². The van der Waals surface area contributed by atoms with Crippen LogP contribution in [0.15, 0.2) is 24.3 Å². The van der Waals surface area contributed by atoms with Gasteiger partial charge in [-0.25, -0.2) is 0 Å². The van der Waals surface area contributed by atoms with Gasteiger partial charge in [0.25, 0.3) is 0 Å². The zero-order chi connectivity index (χ0) is 12.8. The number of benzene rings is 1. The molecule has 1 atom stereocenters. The van der Waals surface area contributed by atoms with Crippen LogP contribution in [-0.2, 0) is 0 Å². The summed E-state index contributed by atoms with van der Waals surface area (Å²) in [5.41, 5.74) is 2.78. The van der Waals surface area contributed by atoms with Gasteiger partial charge in [-0.2, -0.15) is 0 Å². The second-order valence-corrected chi connectivity index (χ2v) is 5.30. The maximum atomic E-state index is 3.64. The number of hydrogen-bond donors (Lipinski definition) is 1. The molecule has 0 aromatic heterocycles. The highest BCUT2D eigenvalue weighted by Crippen LogP contribution is 2.20. The fourth-order valence-corrected chi connectivity index (χ4v) is 2.85. The Balaban J connectivity index is 1.91. The fraction of sp³-hybridized carbons (Fsp3) is 0.625. The molecule has 2 heteroatoms. The average molecular weight is 246 g/mol. The fourth-order valence-electron chi connectivity index (χ4n) is 2.85. The molecule has 1 aliphatic heterocycles. The molecule has 0 saturated carbocycles. The van der Waals surface area contributed by atoms with Gasteiger partial charge in [0.2, 0.25) is 0 Å². The molecule has 2 nitrogen and oxygen atoms in total. The first-order valence-electron chi connectivity index (χ1n) is 7.35. The molecule has 0 aliphatic carbocycles. The number of anilines is 1. The summed E-state index contributed by atoms with van der Waals surface area (Å²) < 4.78 is 0. The Morgan fingerprint density at radius 3 is 2.78 bits per heavy atom. The van der Waals surface area contributed by atoms with E-state index in [0.29, 0.717) is 0 Å². The Morgan fingerprint density at radius 1 is 1.28 bits per heavy atom. The standard InChI is InChI=1S/C16H26N2/c1-3-18(16-10-5-4-8-14(16)2)13-11-15-9-6-7-12-17-15/h4-5,8,10,15,17H,3,6-7,9,11-13H2,1-2H3. The van der Waals surface area contributed by atoms with Crippen molar-refractivity contribution >= 4 is 5.69 Å². The molecule has 2 rings (SSSR count). The zero-order valence-corrected chi connectivity index (χ0v) is 11.8. The Hall–Kier alpha value is -1.02. The molecule has 0 spiro atoms. The maximum absolute atomic E-state index is 3.64. The molecular weight excluding hydrogens is 220 g/mol. The molecule has 0 bridgehead atoms. The molecule has 1 aliphatic rings. The third-order valence-electron chi connectivity index (χ3n) is 4.00. The molecule has 0 amide bonds. The normalized spacial score (nSPS) is 19.8. The van der Waals surface area contributed by atoms with Crippen molar-refractivity contribution < 1.29 is 0 Å². The van der Waals surface area contributed by atoms with E-state index in [-0.39, 0.29) is 0 Å². The van der Waals surface area contributed by atoms with E-state index < -0.39 is 0 Å². The van der Waals surface area contributed by atoms with Crippen molar-refractivity contribution in [3.05, 3.63) is 29.8 Å². The third kappa shape index (κ3) is 3.49. The predicted octanol–water partition coefficient (Wildman–Crippen LogP) is 3.35. The molecular formula is C16H26N2. The summed E-state index contributed by atoms with van der Waals surface area (Å²) in [6.45, 7) is 7.93. The van der Waals surface area contributed by atoms with Crippen molar-refractivity contribution in [1.82, 2.24) is 5.32 Å². The van der Waals surface area contributed by atoms with E-state index in [9.17, 15) is 0 Å². The summed E-state index contributed by atoms with van der Waals surface area (Å²) >= 11 is 0. The predicted molar refractivity (Wildman–Crippen MR) is 79.3 cm³/mol. The van der Waals surface area contributed by atoms with Crippen LogP contribution in [-0.4, -0.2) is 25.7 Å². The van der Waals surface area contributed by atoms with E-state index in [1.54, 1.807) is 0 Å². The number of nitrogens with zero attached hydrogens (tertiary/aromatic N) is 1. The summed E-state index contributed by atoms with van der Waals surface area (Å²) in [5, 5.41) is 3.64. The second-order valence-electron chi connectivity index (χ2n) is 5.30. The Labute approximate surface area is 111 Å². The van der Waals surface area contributed by atoms with Crippen LogP contribution in [0.3, 0.4) is 0 Å². The molecule has 1 heterocycles. The van der Waals surface area contributed by atoms with Crippen molar-refractivity contribution in [2.75, 3.05) is 24.5 Å². The summed E-state index contributed by atoms with van der Waals surface area (Å²) in [4.78, 5) is 2.51. The van der Waals surface area contributed by atoms with Gasteiger partial charge in [-0.15, -0.1) is 0 Å². The minimum Gasteiger partial charge on any atom is -0.372 e. The minimum absolute atomic E-state index is 0.733. The number of hydrogen-bond acceptors (Lipinski definition) is 2. The average Bonchev–Trinajstić information content (AvgIpc) is 2.42. The summed E-state index contributed by atoms with van der Waals surface area (Å²) in [6, 6.07) is 9.44. The summed E-state index contributed by atoms with van der Waals surface area (Å²) in [6.07, 6.45) is 5.37. The van der Waals surface area contributed by atoms with Gasteiger partial charge in [0.15, 0.2) is 0 Å². The van der Waals surface area contributed by atoms with Gasteiger partial charge in [0.1, 0.15) is 0 Å². The highest BCUT2D eigenvalue weighted by atomic mass is 15.1. The Bertz CT molecular complexity index is 356. The van der Waals surface area contributed by atoms with Crippen LogP contribution in [0.25, 0.3) is 0 Å². The first-order valence-corrected chi connectivity index (χ1v) is 7.35. The number of rotatable bonds is 5. The van der Waals surface area contributed by atoms with Crippen LogP contribution < -0.4 is 10.2 Å². The highest BCUT2D eigenvalue weighted by molar-refractivity contribution is 5.52. The topological polar surface area (TPSA) is 15.3 Å². The number of nitrogens with one attached hydrogen (secondary N) is 1. The zero-order valence-electron chi connectivity index (χ0n) is 11.8. The first kappa shape index (κ1) is 13.4. The van der Waals surface area contributed by atoms with Crippen molar-refractivity contribution in [2.24, 2.45) is 0 Å². The van der Waals surface area contributed by atoms with E-state index in [1.165, 1.54) is 50.0 Å². The summed E-state index contributed by atoms with van der Waals surface area (Å²) in [5.74, 6) is 0. The van der Waals surface area contributed by atoms with Crippen molar-refractivity contribution in [1.29, 1.82) is 0 Å². The molecule has 1 aromatic rings. The van der Waals surface area contributed by atoms with Gasteiger partial charge in [-0.05, 0) is 51.3 Å². The number of para-hydroxylation sites is 1. The first-order chi connectivity index (χ1) is 8.81. The van der Waals surface area contributed by atoms with Gasteiger partial charge < -0.3 is 10.2 Å². The third-order valence-corrected chi connectivity index (χ3v) is 4.00. The lowest BCUT2D eigenvalue weighted by Gasteiger charge is -2.29. The molecule has 1 aromatic carbocycles. The monoisotopic (exact) mass is 246 g/mol. The van der Waals surface area contributed by atoms with Crippen LogP contribution in [0, 0.1) is 6.92 Å². The second kappa shape index (κ2) is 6.79. The number of piperidine rings is 1. The van der Waals surface area contributed by atoms with E-state index in [0.717, 1.165) is 12.6 Å². The van der Waals surface area contributed by atoms with Gasteiger partial charge in [0.05, 0.1) is 0 Å². The smallest absolute Gasteiger partial charge is 0.0395 e. The van der Waals surface area contributed by atoms with E-state index >= 15 is 0 Å². The van der Waals surface area contributed by atoms with Crippen LogP contribution in [0.2, 0.25) is 0 Å². The molecule has 1 saturated heterocycles. The van der Waals surface area contributed by atoms with E-state index in [1.807, 2.05) is 0 Å². The number of aryl methyl sites for hydroxylation is 1. The van der Waals surface area contributed by atoms with Crippen molar-refractivity contribution in [3.8, 4) is 0 Å². The molecule has 18 heavy (non-hydrogen) atoms. The molecule has 100 valence electrons. The van der Waals surface area contributed by atoms with E-state index in [4.69, 9.17) is 0 Å². The SMILES string of the molecule is CCN(CCC1CCCCN1)c1ccccc1C. The van der Waals surface area contributed by atoms with Gasteiger partial charge in [-0.3, -0.25) is 0 Å². The molecule has 1 unspecified atom stereocenters. The van der Waals surface area contributed by atoms with Crippen molar-refractivity contribution in [3.63, 3.8) is 0 Å². The lowest BCUT2D eigenvalue weighted by molar-refractivity contribution is 0.383. The quantitative estimate of drug-likeness (QED) is 0.857. The van der Waals surface area contributed by atoms with Crippen molar-refractivity contribution in [2.45, 2.75) is 45.6 Å². The lowest BCUT2D eigenvalue weighted by Crippen LogP contribution is -2.37. The van der Waals surface area contributed by atoms with Crippen LogP contribution >= 0.6 is 0 Å². The largest absolute Gasteiger partial charge is 0.372 e.